The van der Waals surface area contributed by atoms with Gasteiger partial charge in [0.2, 0.25) is 11.6 Å². The van der Waals surface area contributed by atoms with Crippen LogP contribution < -0.4 is 5.32 Å². The molecule has 3 rings (SSSR count). The Balaban J connectivity index is 1.86. The van der Waals surface area contributed by atoms with E-state index < -0.39 is 22.8 Å². The second-order valence-corrected chi connectivity index (χ2v) is 5.18. The fourth-order valence-electron chi connectivity index (χ4n) is 2.59. The van der Waals surface area contributed by atoms with E-state index >= 15 is 0 Å². The smallest absolute Gasteiger partial charge is 0.345 e. The zero-order valence-corrected chi connectivity index (χ0v) is 12.2. The van der Waals surface area contributed by atoms with Crippen LogP contribution in [-0.2, 0) is 22.3 Å². The van der Waals surface area contributed by atoms with Gasteiger partial charge in [0.05, 0.1) is 33.0 Å². The van der Waals surface area contributed by atoms with Gasteiger partial charge in [0.1, 0.15) is 5.10 Å². The quantitative estimate of drug-likeness (QED) is 0.606. The van der Waals surface area contributed by atoms with Crippen LogP contribution in [0.1, 0.15) is 5.82 Å². The lowest BCUT2D eigenvalue weighted by molar-refractivity contribution is -0.486. The number of nitrogens with one attached hydrogen (secondary N) is 1. The van der Waals surface area contributed by atoms with Crippen molar-refractivity contribution in [2.75, 3.05) is 26.3 Å². The molecular formula is C11H13F3N6O4. The van der Waals surface area contributed by atoms with Gasteiger partial charge in [-0.2, -0.15) is 13.2 Å². The first-order chi connectivity index (χ1) is 11.3. The zero-order valence-electron chi connectivity index (χ0n) is 12.2. The summed E-state index contributed by atoms with van der Waals surface area (Å²) < 4.78 is 50.6. The van der Waals surface area contributed by atoms with E-state index in [1.165, 1.54) is 4.90 Å². The third-order valence-electron chi connectivity index (χ3n) is 3.53. The molecule has 2 aliphatic rings. The number of rotatable bonds is 3. The Bertz CT molecular complexity index is 654. The largest absolute Gasteiger partial charge is 0.449 e. The minimum atomic E-state index is -4.65. The number of ether oxygens (including phenoxy) is 2. The van der Waals surface area contributed by atoms with Gasteiger partial charge < -0.3 is 24.3 Å². The Labute approximate surface area is 133 Å². The summed E-state index contributed by atoms with van der Waals surface area (Å²) in [5, 5.41) is 15.6. The molecule has 0 aliphatic carbocycles. The number of hydrogen-bond donors (Lipinski definition) is 1. The topological polar surface area (TPSA) is 107 Å². The summed E-state index contributed by atoms with van der Waals surface area (Å²) in [5.41, 5.74) is 0. The molecule has 1 aromatic heterocycles. The van der Waals surface area contributed by atoms with Crippen LogP contribution in [0, 0.1) is 10.1 Å². The van der Waals surface area contributed by atoms with Gasteiger partial charge >= 0.3 is 6.18 Å². The summed E-state index contributed by atoms with van der Waals surface area (Å²) in [6.07, 6.45) is -2.52. The van der Waals surface area contributed by atoms with Crippen molar-refractivity contribution in [2.24, 2.45) is 5.10 Å². The molecule has 0 radical (unpaired) electrons. The molecule has 0 atom stereocenters. The van der Waals surface area contributed by atoms with Crippen LogP contribution in [0.3, 0.4) is 0 Å². The summed E-state index contributed by atoms with van der Waals surface area (Å²) in [7, 11) is 0. The SMILES string of the molecule is O=[N+]([O-])/N=C1\NCC2(CN1Cn1ccnc1C(F)(F)F)OCCO2. The van der Waals surface area contributed by atoms with Crippen LogP contribution in [0.5, 0.6) is 0 Å². The number of guanidine groups is 1. The number of halogens is 3. The van der Waals surface area contributed by atoms with Crippen molar-refractivity contribution in [1.29, 1.82) is 0 Å². The van der Waals surface area contributed by atoms with Crippen LogP contribution >= 0.6 is 0 Å². The van der Waals surface area contributed by atoms with Gasteiger partial charge in [-0.3, -0.25) is 0 Å². The van der Waals surface area contributed by atoms with E-state index in [0.717, 1.165) is 17.0 Å². The molecule has 3 heterocycles. The van der Waals surface area contributed by atoms with E-state index in [1.54, 1.807) is 0 Å². The van der Waals surface area contributed by atoms with Crippen molar-refractivity contribution >= 4 is 5.96 Å². The fraction of sp³-hybridized carbons (Fsp3) is 0.636. The van der Waals surface area contributed by atoms with Crippen molar-refractivity contribution in [3.63, 3.8) is 0 Å². The highest BCUT2D eigenvalue weighted by Crippen LogP contribution is 2.29. The maximum absolute atomic E-state index is 12.9. The number of hydrogen-bond acceptors (Lipinski definition) is 5. The highest BCUT2D eigenvalue weighted by Gasteiger charge is 2.44. The lowest BCUT2D eigenvalue weighted by atomic mass is 10.2. The van der Waals surface area contributed by atoms with Crippen LogP contribution in [0.25, 0.3) is 0 Å². The molecule has 2 aliphatic heterocycles. The van der Waals surface area contributed by atoms with E-state index in [1.807, 2.05) is 0 Å². The van der Waals surface area contributed by atoms with Crippen LogP contribution in [0.4, 0.5) is 13.2 Å². The standard InChI is InChI=1S/C11H13F3N6O4/c12-11(13,14)8-15-1-2-18(8)7-19-6-10(23-3-4-24-10)5-16-9(19)17-20(21)22/h1-2H,3-7H2,(H,16,17). The van der Waals surface area contributed by atoms with Crippen molar-refractivity contribution in [3.8, 4) is 0 Å². The molecule has 1 N–H and O–H groups in total. The van der Waals surface area contributed by atoms with Gasteiger partial charge in [-0.05, 0) is 0 Å². The Kier molecular flexibility index (Phi) is 4.04. The number of nitrogens with zero attached hydrogens (tertiary/aromatic N) is 5. The fourth-order valence-corrected chi connectivity index (χ4v) is 2.59. The highest BCUT2D eigenvalue weighted by atomic mass is 19.4. The number of aromatic nitrogens is 2. The molecule has 2 fully saturated rings. The van der Waals surface area contributed by atoms with Crippen LogP contribution in [0.2, 0.25) is 0 Å². The second kappa shape index (κ2) is 5.90. The number of nitro groups is 1. The number of imidazole rings is 1. The minimum absolute atomic E-state index is 0.0118. The number of alkyl halides is 3. The molecule has 13 heteroatoms. The Morgan fingerprint density at radius 2 is 2.17 bits per heavy atom. The molecule has 2 saturated heterocycles. The zero-order chi connectivity index (χ0) is 17.4. The third-order valence-corrected chi connectivity index (χ3v) is 3.53. The Hall–Kier alpha value is -2.41. The maximum atomic E-state index is 12.9. The lowest BCUT2D eigenvalue weighted by Crippen LogP contribution is -2.62. The van der Waals surface area contributed by atoms with Crippen molar-refractivity contribution in [1.82, 2.24) is 19.8 Å². The molecule has 1 spiro atoms. The molecule has 0 bridgehead atoms. The van der Waals surface area contributed by atoms with Crippen molar-refractivity contribution < 1.29 is 27.7 Å². The lowest BCUT2D eigenvalue weighted by Gasteiger charge is -2.39. The third kappa shape index (κ3) is 3.26. The van der Waals surface area contributed by atoms with Gasteiger partial charge in [-0.1, -0.05) is 0 Å². The molecule has 24 heavy (non-hydrogen) atoms. The molecule has 0 amide bonds. The molecule has 10 nitrogen and oxygen atoms in total. The first kappa shape index (κ1) is 16.4. The predicted octanol–water partition coefficient (Wildman–Crippen LogP) is 0.0554. The Morgan fingerprint density at radius 3 is 2.79 bits per heavy atom. The van der Waals surface area contributed by atoms with Crippen molar-refractivity contribution in [2.45, 2.75) is 18.6 Å². The van der Waals surface area contributed by atoms with Gasteiger partial charge in [-0.15, -0.1) is 0 Å². The first-order valence-corrected chi connectivity index (χ1v) is 6.87. The molecule has 0 aromatic carbocycles. The highest BCUT2D eigenvalue weighted by molar-refractivity contribution is 5.80. The number of hydrazone groups is 1. The summed E-state index contributed by atoms with van der Waals surface area (Å²) >= 11 is 0. The minimum Gasteiger partial charge on any atom is -0.345 e. The predicted molar refractivity (Wildman–Crippen MR) is 71.0 cm³/mol. The maximum Gasteiger partial charge on any atom is 0.449 e. The molecule has 1 aromatic rings. The van der Waals surface area contributed by atoms with Crippen molar-refractivity contribution in [3.05, 3.63) is 28.3 Å². The summed E-state index contributed by atoms with van der Waals surface area (Å²) in [6.45, 7) is 0.392. The first-order valence-electron chi connectivity index (χ1n) is 6.87. The van der Waals surface area contributed by atoms with Gasteiger partial charge in [0, 0.05) is 12.4 Å². The van der Waals surface area contributed by atoms with E-state index in [4.69, 9.17) is 9.47 Å². The monoisotopic (exact) mass is 350 g/mol. The van der Waals surface area contributed by atoms with Gasteiger partial charge in [-0.25, -0.2) is 15.1 Å². The normalized spacial score (nSPS) is 22.1. The summed E-state index contributed by atoms with van der Waals surface area (Å²) in [6, 6.07) is 0. The Morgan fingerprint density at radius 1 is 1.46 bits per heavy atom. The molecular weight excluding hydrogens is 337 g/mol. The average Bonchev–Trinajstić information content (AvgIpc) is 3.11. The molecule has 132 valence electrons. The average molecular weight is 350 g/mol. The van der Waals surface area contributed by atoms with Crippen LogP contribution in [0.15, 0.2) is 17.5 Å². The van der Waals surface area contributed by atoms with Gasteiger partial charge in [0.15, 0.2) is 5.03 Å². The van der Waals surface area contributed by atoms with Gasteiger partial charge in [0.25, 0.3) is 5.96 Å². The van der Waals surface area contributed by atoms with E-state index in [2.05, 4.69) is 15.4 Å². The molecule has 0 saturated carbocycles. The van der Waals surface area contributed by atoms with E-state index in [9.17, 15) is 23.3 Å². The van der Waals surface area contributed by atoms with Crippen LogP contribution in [-0.4, -0.2) is 57.5 Å². The summed E-state index contributed by atoms with van der Waals surface area (Å²) in [4.78, 5) is 15.2. The second-order valence-electron chi connectivity index (χ2n) is 5.18. The van der Waals surface area contributed by atoms with E-state index in [0.29, 0.717) is 13.2 Å². The van der Waals surface area contributed by atoms with E-state index in [-0.39, 0.29) is 25.7 Å². The summed E-state index contributed by atoms with van der Waals surface area (Å²) in [5.74, 6) is -2.36. The molecule has 0 unspecified atom stereocenters.